The first-order valence-electron chi connectivity index (χ1n) is 5.18. The Morgan fingerprint density at radius 2 is 2.26 bits per heavy atom. The van der Waals surface area contributed by atoms with E-state index in [0.717, 1.165) is 0 Å². The number of ether oxygens (including phenoxy) is 1. The summed E-state index contributed by atoms with van der Waals surface area (Å²) in [6.07, 6.45) is -0.377. The molecule has 1 aromatic carbocycles. The zero-order valence-electron chi connectivity index (χ0n) is 9.53. The van der Waals surface area contributed by atoms with Gasteiger partial charge in [-0.25, -0.2) is 4.79 Å². The van der Waals surface area contributed by atoms with Crippen LogP contribution >= 0.6 is 23.2 Å². The molecule has 1 amide bonds. The molecule has 1 heterocycles. The van der Waals surface area contributed by atoms with Crippen LogP contribution in [0.4, 0.5) is 4.79 Å². The van der Waals surface area contributed by atoms with Crippen molar-refractivity contribution in [2.45, 2.75) is 12.6 Å². The molecule has 0 unspecified atom stereocenters. The monoisotopic (exact) mass is 301 g/mol. The molecule has 0 aliphatic rings. The number of amides is 1. The highest BCUT2D eigenvalue weighted by molar-refractivity contribution is 6.35. The zero-order valence-corrected chi connectivity index (χ0v) is 11.0. The molecule has 19 heavy (non-hydrogen) atoms. The summed E-state index contributed by atoms with van der Waals surface area (Å²) in [5.74, 6) is 0. The van der Waals surface area contributed by atoms with Crippen molar-refractivity contribution in [3.05, 3.63) is 40.1 Å². The maximum atomic E-state index is 11.0. The van der Waals surface area contributed by atoms with E-state index in [1.807, 2.05) is 0 Å². The van der Waals surface area contributed by atoms with Crippen LogP contribution in [0.5, 0.6) is 0 Å². The van der Waals surface area contributed by atoms with E-state index in [0.29, 0.717) is 15.6 Å². The summed E-state index contributed by atoms with van der Waals surface area (Å²) in [5.41, 5.74) is 5.60. The minimum absolute atomic E-state index is 0.143. The first-order chi connectivity index (χ1) is 9.06. The number of halogens is 2. The predicted molar refractivity (Wildman–Crippen MR) is 67.7 cm³/mol. The fourth-order valence-corrected chi connectivity index (χ4v) is 2.05. The number of tetrazole rings is 1. The van der Waals surface area contributed by atoms with Crippen molar-refractivity contribution in [1.29, 1.82) is 0 Å². The summed E-state index contributed by atoms with van der Waals surface area (Å²) in [5, 5.41) is 11.9. The largest absolute Gasteiger partial charge is 0.439 e. The van der Waals surface area contributed by atoms with E-state index >= 15 is 0 Å². The molecule has 0 saturated carbocycles. The second kappa shape index (κ2) is 5.85. The van der Waals surface area contributed by atoms with Gasteiger partial charge in [0.05, 0.1) is 0 Å². The number of carbonyl (C=O) groups excluding carboxylic acids is 1. The van der Waals surface area contributed by atoms with E-state index < -0.39 is 12.2 Å². The summed E-state index contributed by atoms with van der Waals surface area (Å²) < 4.78 is 5.01. The fourth-order valence-electron chi connectivity index (χ4n) is 1.52. The second-order valence-corrected chi connectivity index (χ2v) is 4.43. The van der Waals surface area contributed by atoms with Crippen molar-refractivity contribution in [3.63, 3.8) is 0 Å². The van der Waals surface area contributed by atoms with Gasteiger partial charge in [0, 0.05) is 15.6 Å². The van der Waals surface area contributed by atoms with Gasteiger partial charge in [0.15, 0.2) is 12.4 Å². The number of rotatable bonds is 4. The Morgan fingerprint density at radius 1 is 1.47 bits per heavy atom. The average Bonchev–Trinajstić information content (AvgIpc) is 2.80. The molecule has 7 nitrogen and oxygen atoms in total. The van der Waals surface area contributed by atoms with Crippen LogP contribution in [0.3, 0.4) is 0 Å². The van der Waals surface area contributed by atoms with Gasteiger partial charge < -0.3 is 10.5 Å². The van der Waals surface area contributed by atoms with Gasteiger partial charge in [-0.3, -0.25) is 0 Å². The molecule has 0 aliphatic heterocycles. The topological polar surface area (TPSA) is 95.9 Å². The molecule has 0 radical (unpaired) electrons. The Labute approximate surface area is 118 Å². The molecule has 1 atom stereocenters. The number of primary amides is 1. The third-order valence-electron chi connectivity index (χ3n) is 2.29. The SMILES string of the molecule is NC(=O)O[C@H](Cn1ncnn1)c1ccc(Cl)cc1Cl. The maximum absolute atomic E-state index is 11.0. The molecule has 0 aliphatic carbocycles. The number of nitrogens with zero attached hydrogens (tertiary/aromatic N) is 4. The molecule has 9 heteroatoms. The van der Waals surface area contributed by atoms with E-state index in [9.17, 15) is 4.79 Å². The van der Waals surface area contributed by atoms with Gasteiger partial charge in [-0.1, -0.05) is 29.3 Å². The lowest BCUT2D eigenvalue weighted by Crippen LogP contribution is -2.22. The maximum Gasteiger partial charge on any atom is 0.405 e. The minimum Gasteiger partial charge on any atom is -0.439 e. The number of carbonyl (C=O) groups is 1. The fraction of sp³-hybridized carbons (Fsp3) is 0.200. The van der Waals surface area contributed by atoms with Crippen LogP contribution in [0.2, 0.25) is 10.0 Å². The van der Waals surface area contributed by atoms with Crippen LogP contribution in [0.25, 0.3) is 0 Å². The summed E-state index contributed by atoms with van der Waals surface area (Å²) in [6.45, 7) is 0.143. The average molecular weight is 302 g/mol. The Bertz CT molecular complexity index is 575. The Morgan fingerprint density at radius 3 is 2.84 bits per heavy atom. The molecule has 0 bridgehead atoms. The molecule has 1 aromatic heterocycles. The summed E-state index contributed by atoms with van der Waals surface area (Å²) in [7, 11) is 0. The van der Waals surface area contributed by atoms with Crippen LogP contribution in [0, 0.1) is 0 Å². The van der Waals surface area contributed by atoms with Crippen molar-refractivity contribution >= 4 is 29.3 Å². The first kappa shape index (κ1) is 13.6. The lowest BCUT2D eigenvalue weighted by atomic mass is 10.1. The van der Waals surface area contributed by atoms with Gasteiger partial charge >= 0.3 is 6.09 Å². The molecular formula is C10H9Cl2N5O2. The third-order valence-corrected chi connectivity index (χ3v) is 2.85. The number of nitrogens with two attached hydrogens (primary N) is 1. The highest BCUT2D eigenvalue weighted by Gasteiger charge is 2.20. The van der Waals surface area contributed by atoms with Crippen molar-refractivity contribution in [2.75, 3.05) is 0 Å². The van der Waals surface area contributed by atoms with E-state index in [1.165, 1.54) is 11.1 Å². The number of aromatic nitrogens is 4. The van der Waals surface area contributed by atoms with E-state index in [2.05, 4.69) is 15.4 Å². The standard InChI is InChI=1S/C10H9Cl2N5O2/c11-6-1-2-7(8(12)3-6)9(19-10(13)18)4-17-15-5-14-16-17/h1-3,5,9H,4H2,(H2,13,18)/t9-/m1/s1. The van der Waals surface area contributed by atoms with Crippen LogP contribution < -0.4 is 5.73 Å². The minimum atomic E-state index is -0.920. The van der Waals surface area contributed by atoms with Gasteiger partial charge in [0.1, 0.15) is 6.54 Å². The first-order valence-corrected chi connectivity index (χ1v) is 5.93. The molecule has 0 fully saturated rings. The third kappa shape index (κ3) is 3.55. The molecule has 2 aromatic rings. The normalized spacial score (nSPS) is 12.1. The van der Waals surface area contributed by atoms with Crippen LogP contribution in [0.1, 0.15) is 11.7 Å². The zero-order chi connectivity index (χ0) is 13.8. The van der Waals surface area contributed by atoms with Crippen molar-refractivity contribution < 1.29 is 9.53 Å². The lowest BCUT2D eigenvalue weighted by Gasteiger charge is -2.17. The Kier molecular flexibility index (Phi) is 4.18. The Balaban J connectivity index is 2.28. The van der Waals surface area contributed by atoms with Gasteiger partial charge in [-0.2, -0.15) is 4.80 Å². The van der Waals surface area contributed by atoms with E-state index in [-0.39, 0.29) is 6.54 Å². The molecule has 0 spiro atoms. The highest BCUT2D eigenvalue weighted by atomic mass is 35.5. The van der Waals surface area contributed by atoms with E-state index in [1.54, 1.807) is 18.2 Å². The summed E-state index contributed by atoms with van der Waals surface area (Å²) in [6, 6.07) is 4.83. The van der Waals surface area contributed by atoms with Crippen LogP contribution in [-0.2, 0) is 11.3 Å². The second-order valence-electron chi connectivity index (χ2n) is 3.58. The van der Waals surface area contributed by atoms with Gasteiger partial charge in [-0.15, -0.1) is 10.2 Å². The number of hydrogen-bond donors (Lipinski definition) is 1. The molecule has 100 valence electrons. The molecule has 0 saturated heterocycles. The van der Waals surface area contributed by atoms with Gasteiger partial charge in [-0.05, 0) is 17.3 Å². The lowest BCUT2D eigenvalue weighted by molar-refractivity contribution is 0.0901. The smallest absolute Gasteiger partial charge is 0.405 e. The van der Waals surface area contributed by atoms with Crippen molar-refractivity contribution in [1.82, 2.24) is 20.2 Å². The molecular weight excluding hydrogens is 293 g/mol. The highest BCUT2D eigenvalue weighted by Crippen LogP contribution is 2.29. The number of hydrogen-bond acceptors (Lipinski definition) is 5. The van der Waals surface area contributed by atoms with Crippen molar-refractivity contribution in [2.24, 2.45) is 5.73 Å². The van der Waals surface area contributed by atoms with Crippen molar-refractivity contribution in [3.8, 4) is 0 Å². The summed E-state index contributed by atoms with van der Waals surface area (Å²) >= 11 is 11.9. The van der Waals surface area contributed by atoms with Crippen LogP contribution in [0.15, 0.2) is 24.5 Å². The van der Waals surface area contributed by atoms with Gasteiger partial charge in [0.25, 0.3) is 0 Å². The van der Waals surface area contributed by atoms with Crippen LogP contribution in [-0.4, -0.2) is 26.3 Å². The summed E-state index contributed by atoms with van der Waals surface area (Å²) in [4.78, 5) is 12.2. The Hall–Kier alpha value is -1.86. The van der Waals surface area contributed by atoms with E-state index in [4.69, 9.17) is 33.7 Å². The van der Waals surface area contributed by atoms with Gasteiger partial charge in [0.2, 0.25) is 0 Å². The number of benzene rings is 1. The molecule has 2 N–H and O–H groups in total. The molecule has 2 rings (SSSR count). The quantitative estimate of drug-likeness (QED) is 0.929. The predicted octanol–water partition coefficient (Wildman–Crippen LogP) is 1.82.